The molecule has 0 spiro atoms. The van der Waals surface area contributed by atoms with Crippen LogP contribution in [0.2, 0.25) is 0 Å². The Morgan fingerprint density at radius 3 is 2.50 bits per heavy atom. The number of amides is 1. The number of fused-ring (bicyclic) bond motifs is 1. The number of rotatable bonds is 4. The van der Waals surface area contributed by atoms with Crippen LogP contribution in [0, 0.1) is 0 Å². The van der Waals surface area contributed by atoms with Gasteiger partial charge in [0.2, 0.25) is 5.91 Å². The van der Waals surface area contributed by atoms with Gasteiger partial charge >= 0.3 is 0 Å². The first-order chi connectivity index (χ1) is 10.6. The van der Waals surface area contributed by atoms with Crippen LogP contribution in [0.25, 0.3) is 22.4 Å². The summed E-state index contributed by atoms with van der Waals surface area (Å²) in [6.07, 6.45) is -0.106. The van der Waals surface area contributed by atoms with Crippen molar-refractivity contribution in [3.63, 3.8) is 0 Å². The smallest absolute Gasteiger partial charge is 0.231 e. The second-order valence-electron chi connectivity index (χ2n) is 5.11. The molecule has 5 heteroatoms. The van der Waals surface area contributed by atoms with E-state index in [4.69, 9.17) is 0 Å². The first kappa shape index (κ1) is 14.0. The normalized spacial score (nSPS) is 10.6. The molecule has 3 rings (SSSR count). The van der Waals surface area contributed by atoms with Crippen molar-refractivity contribution in [1.82, 2.24) is 9.97 Å². The first-order valence-electron chi connectivity index (χ1n) is 6.96. The molecular weight excluding hydrogens is 278 g/mol. The minimum absolute atomic E-state index is 0.106. The van der Waals surface area contributed by atoms with E-state index in [2.05, 4.69) is 15.3 Å². The minimum Gasteiger partial charge on any atom is -0.338 e. The molecule has 2 aromatic carbocycles. The summed E-state index contributed by atoms with van der Waals surface area (Å²) < 4.78 is 0. The Bertz CT molecular complexity index is 801. The number of Topliss-reactive ketones (excluding diaryl/α,β-unsaturated/α-hetero) is 1. The zero-order valence-corrected chi connectivity index (χ0v) is 12.1. The first-order valence-corrected chi connectivity index (χ1v) is 6.96. The molecule has 5 nitrogen and oxygen atoms in total. The van der Waals surface area contributed by atoms with Gasteiger partial charge in [-0.2, -0.15) is 0 Å². The van der Waals surface area contributed by atoms with E-state index in [0.717, 1.165) is 22.4 Å². The number of aromatic nitrogens is 2. The molecule has 0 aliphatic rings. The number of nitrogens with one attached hydrogen (secondary N) is 2. The number of benzene rings is 2. The van der Waals surface area contributed by atoms with Crippen molar-refractivity contribution in [3.05, 3.63) is 48.5 Å². The average Bonchev–Trinajstić information content (AvgIpc) is 2.91. The number of ketones is 1. The van der Waals surface area contributed by atoms with Gasteiger partial charge < -0.3 is 10.3 Å². The van der Waals surface area contributed by atoms with Gasteiger partial charge in [-0.3, -0.25) is 9.59 Å². The molecule has 2 N–H and O–H groups in total. The van der Waals surface area contributed by atoms with Crippen molar-refractivity contribution in [2.45, 2.75) is 13.3 Å². The van der Waals surface area contributed by atoms with Crippen LogP contribution >= 0.6 is 0 Å². The largest absolute Gasteiger partial charge is 0.338 e. The van der Waals surface area contributed by atoms with Gasteiger partial charge in [0.15, 0.2) is 0 Å². The molecule has 110 valence electrons. The number of anilines is 1. The van der Waals surface area contributed by atoms with E-state index in [1.807, 2.05) is 36.4 Å². The summed E-state index contributed by atoms with van der Waals surface area (Å²) in [4.78, 5) is 30.2. The lowest BCUT2D eigenvalue weighted by Crippen LogP contribution is -2.14. The molecule has 1 aromatic heterocycles. The van der Waals surface area contributed by atoms with Crippen molar-refractivity contribution in [2.75, 3.05) is 5.32 Å². The zero-order chi connectivity index (χ0) is 15.5. The molecule has 0 fully saturated rings. The summed E-state index contributed by atoms with van der Waals surface area (Å²) in [6, 6.07) is 15.2. The fourth-order valence-electron chi connectivity index (χ4n) is 2.23. The lowest BCUT2D eigenvalue weighted by molar-refractivity contribution is -0.124. The number of aromatic amines is 1. The Morgan fingerprint density at radius 1 is 1.09 bits per heavy atom. The Balaban J connectivity index is 1.79. The van der Waals surface area contributed by atoms with Crippen LogP contribution in [-0.4, -0.2) is 21.7 Å². The van der Waals surface area contributed by atoms with E-state index in [1.54, 1.807) is 12.1 Å². The maximum Gasteiger partial charge on any atom is 0.231 e. The number of H-pyrrole nitrogens is 1. The van der Waals surface area contributed by atoms with Crippen LogP contribution in [0.5, 0.6) is 0 Å². The standard InChI is InChI=1S/C17H15N3O2/c1-11(21)10-16(22)18-13-8-6-12(7-9-13)17-19-14-4-2-3-5-15(14)20-17/h2-9H,10H2,1H3,(H,18,22)(H,19,20). The second kappa shape index (κ2) is 5.81. The molecule has 0 saturated heterocycles. The number of para-hydroxylation sites is 2. The van der Waals surface area contributed by atoms with Gasteiger partial charge in [-0.25, -0.2) is 4.98 Å². The van der Waals surface area contributed by atoms with Gasteiger partial charge in [0.1, 0.15) is 11.6 Å². The van der Waals surface area contributed by atoms with E-state index in [-0.39, 0.29) is 18.1 Å². The lowest BCUT2D eigenvalue weighted by Gasteiger charge is -2.04. The highest BCUT2D eigenvalue weighted by Gasteiger charge is 2.07. The van der Waals surface area contributed by atoms with Crippen molar-refractivity contribution < 1.29 is 9.59 Å². The van der Waals surface area contributed by atoms with E-state index in [0.29, 0.717) is 5.69 Å². The van der Waals surface area contributed by atoms with Crippen LogP contribution < -0.4 is 5.32 Å². The van der Waals surface area contributed by atoms with Gasteiger partial charge in [-0.15, -0.1) is 0 Å². The summed E-state index contributed by atoms with van der Waals surface area (Å²) >= 11 is 0. The molecule has 1 heterocycles. The van der Waals surface area contributed by atoms with Gasteiger partial charge in [0.05, 0.1) is 17.5 Å². The molecule has 3 aromatic rings. The summed E-state index contributed by atoms with van der Waals surface area (Å²) in [5, 5.41) is 2.69. The SMILES string of the molecule is CC(=O)CC(=O)Nc1ccc(-c2nc3ccccc3[nH]2)cc1. The van der Waals surface area contributed by atoms with E-state index in [9.17, 15) is 9.59 Å². The highest BCUT2D eigenvalue weighted by atomic mass is 16.2. The Kier molecular flexibility index (Phi) is 3.70. The highest BCUT2D eigenvalue weighted by molar-refractivity contribution is 6.03. The zero-order valence-electron chi connectivity index (χ0n) is 12.1. The number of imidazole rings is 1. The van der Waals surface area contributed by atoms with Crippen molar-refractivity contribution in [1.29, 1.82) is 0 Å². The molecule has 0 atom stereocenters. The third-order valence-electron chi connectivity index (χ3n) is 3.24. The van der Waals surface area contributed by atoms with Crippen LogP contribution in [0.3, 0.4) is 0 Å². The Morgan fingerprint density at radius 2 is 1.82 bits per heavy atom. The lowest BCUT2D eigenvalue weighted by atomic mass is 10.2. The maximum absolute atomic E-state index is 11.5. The fraction of sp³-hybridized carbons (Fsp3) is 0.118. The molecular formula is C17H15N3O2. The predicted octanol–water partition coefficient (Wildman–Crippen LogP) is 3.15. The molecule has 0 radical (unpaired) electrons. The van der Waals surface area contributed by atoms with Gasteiger partial charge in [0.25, 0.3) is 0 Å². The van der Waals surface area contributed by atoms with Gasteiger partial charge in [-0.1, -0.05) is 12.1 Å². The highest BCUT2D eigenvalue weighted by Crippen LogP contribution is 2.22. The number of carbonyl (C=O) groups is 2. The number of hydrogen-bond acceptors (Lipinski definition) is 3. The van der Waals surface area contributed by atoms with Crippen molar-refractivity contribution in [2.24, 2.45) is 0 Å². The van der Waals surface area contributed by atoms with E-state index in [1.165, 1.54) is 6.92 Å². The molecule has 0 aliphatic carbocycles. The van der Waals surface area contributed by atoms with Crippen LogP contribution in [-0.2, 0) is 9.59 Å². The topological polar surface area (TPSA) is 74.8 Å². The average molecular weight is 293 g/mol. The molecule has 1 amide bonds. The molecule has 0 unspecified atom stereocenters. The summed E-state index contributed by atoms with van der Waals surface area (Å²) in [6.45, 7) is 1.39. The number of carbonyl (C=O) groups excluding carboxylic acids is 2. The summed E-state index contributed by atoms with van der Waals surface area (Å²) in [5.74, 6) is 0.322. The number of nitrogens with zero attached hydrogens (tertiary/aromatic N) is 1. The summed E-state index contributed by atoms with van der Waals surface area (Å²) in [7, 11) is 0. The minimum atomic E-state index is -0.302. The predicted molar refractivity (Wildman–Crippen MR) is 85.5 cm³/mol. The van der Waals surface area contributed by atoms with E-state index < -0.39 is 0 Å². The molecule has 0 bridgehead atoms. The van der Waals surface area contributed by atoms with Gasteiger partial charge in [-0.05, 0) is 43.3 Å². The van der Waals surface area contributed by atoms with Crippen LogP contribution in [0.15, 0.2) is 48.5 Å². The van der Waals surface area contributed by atoms with Crippen LogP contribution in [0.4, 0.5) is 5.69 Å². The monoisotopic (exact) mass is 293 g/mol. The van der Waals surface area contributed by atoms with Crippen molar-refractivity contribution in [3.8, 4) is 11.4 Å². The van der Waals surface area contributed by atoms with Crippen molar-refractivity contribution >= 4 is 28.4 Å². The molecule has 22 heavy (non-hydrogen) atoms. The quantitative estimate of drug-likeness (QED) is 0.726. The number of hydrogen-bond donors (Lipinski definition) is 2. The maximum atomic E-state index is 11.5. The second-order valence-corrected chi connectivity index (χ2v) is 5.11. The Hall–Kier alpha value is -2.95. The fourth-order valence-corrected chi connectivity index (χ4v) is 2.23. The van der Waals surface area contributed by atoms with Gasteiger partial charge in [0, 0.05) is 11.3 Å². The van der Waals surface area contributed by atoms with E-state index >= 15 is 0 Å². The molecule has 0 aliphatic heterocycles. The summed E-state index contributed by atoms with van der Waals surface area (Å²) in [5.41, 5.74) is 3.49. The third kappa shape index (κ3) is 3.03. The van der Waals surface area contributed by atoms with Crippen LogP contribution in [0.1, 0.15) is 13.3 Å². The third-order valence-corrected chi connectivity index (χ3v) is 3.24. The molecule has 0 saturated carbocycles. The Labute approximate surface area is 127 Å².